The Bertz CT molecular complexity index is 425. The lowest BCUT2D eigenvalue weighted by atomic mass is 10.0. The molecule has 1 rings (SSSR count). The van der Waals surface area contributed by atoms with Gasteiger partial charge in [0.2, 0.25) is 10.0 Å². The first kappa shape index (κ1) is 16.4. The lowest BCUT2D eigenvalue weighted by Gasteiger charge is -2.40. The molecule has 1 amide bonds. The van der Waals surface area contributed by atoms with Crippen LogP contribution in [-0.4, -0.2) is 79.9 Å². The average molecular weight is 294 g/mol. The molecule has 19 heavy (non-hydrogen) atoms. The number of sulfonamides is 1. The predicted octanol–water partition coefficient (Wildman–Crippen LogP) is -1.12. The number of carbonyl (C=O) groups excluding carboxylic acids is 1. The number of aliphatic hydroxyl groups excluding tert-OH is 1. The van der Waals surface area contributed by atoms with Crippen LogP contribution in [0.5, 0.6) is 0 Å². The fourth-order valence-electron chi connectivity index (χ4n) is 2.10. The SMILES string of the molecule is CCN(CCO)C(=O)C1(C)CN(S(C)(=O)=O)CCO1. The van der Waals surface area contributed by atoms with E-state index in [2.05, 4.69) is 0 Å². The van der Waals surface area contributed by atoms with Crippen LogP contribution in [0.2, 0.25) is 0 Å². The highest BCUT2D eigenvalue weighted by Gasteiger charge is 2.43. The zero-order chi connectivity index (χ0) is 14.7. The summed E-state index contributed by atoms with van der Waals surface area (Å²) in [6, 6.07) is 0. The van der Waals surface area contributed by atoms with Gasteiger partial charge in [0.1, 0.15) is 0 Å². The molecule has 1 N–H and O–H groups in total. The molecule has 1 atom stereocenters. The number of hydrogen-bond donors (Lipinski definition) is 1. The van der Waals surface area contributed by atoms with Crippen molar-refractivity contribution >= 4 is 15.9 Å². The first-order valence-electron chi connectivity index (χ1n) is 6.24. The molecule has 1 fully saturated rings. The third-order valence-corrected chi connectivity index (χ3v) is 4.45. The second-order valence-electron chi connectivity index (χ2n) is 4.78. The summed E-state index contributed by atoms with van der Waals surface area (Å²) >= 11 is 0. The van der Waals surface area contributed by atoms with E-state index in [4.69, 9.17) is 9.84 Å². The maximum absolute atomic E-state index is 12.4. The fraction of sp³-hybridized carbons (Fsp3) is 0.909. The largest absolute Gasteiger partial charge is 0.395 e. The van der Waals surface area contributed by atoms with Crippen molar-refractivity contribution in [1.82, 2.24) is 9.21 Å². The van der Waals surface area contributed by atoms with Crippen molar-refractivity contribution in [2.75, 3.05) is 45.6 Å². The Morgan fingerprint density at radius 2 is 2.16 bits per heavy atom. The third kappa shape index (κ3) is 3.88. The summed E-state index contributed by atoms with van der Waals surface area (Å²) in [7, 11) is -3.34. The number of nitrogens with zero attached hydrogens (tertiary/aromatic N) is 2. The van der Waals surface area contributed by atoms with Crippen molar-refractivity contribution in [3.8, 4) is 0 Å². The van der Waals surface area contributed by atoms with E-state index in [1.807, 2.05) is 0 Å². The molecule has 0 aromatic carbocycles. The van der Waals surface area contributed by atoms with Crippen LogP contribution in [0.3, 0.4) is 0 Å². The zero-order valence-electron chi connectivity index (χ0n) is 11.6. The van der Waals surface area contributed by atoms with E-state index in [0.29, 0.717) is 6.54 Å². The summed E-state index contributed by atoms with van der Waals surface area (Å²) in [5, 5.41) is 8.94. The van der Waals surface area contributed by atoms with Gasteiger partial charge in [0.05, 0.1) is 26.0 Å². The van der Waals surface area contributed by atoms with Crippen LogP contribution in [-0.2, 0) is 19.6 Å². The van der Waals surface area contributed by atoms with Gasteiger partial charge in [-0.05, 0) is 13.8 Å². The van der Waals surface area contributed by atoms with Crippen molar-refractivity contribution in [1.29, 1.82) is 0 Å². The minimum absolute atomic E-state index is 0.00654. The van der Waals surface area contributed by atoms with Gasteiger partial charge in [-0.25, -0.2) is 8.42 Å². The van der Waals surface area contributed by atoms with Gasteiger partial charge >= 0.3 is 0 Å². The number of likely N-dealkylation sites (N-methyl/N-ethyl adjacent to an activating group) is 1. The van der Waals surface area contributed by atoms with Crippen LogP contribution in [0, 0.1) is 0 Å². The van der Waals surface area contributed by atoms with Gasteiger partial charge in [0, 0.05) is 19.6 Å². The molecular formula is C11H22N2O5S. The third-order valence-electron chi connectivity index (χ3n) is 3.20. The minimum atomic E-state index is -3.34. The highest BCUT2D eigenvalue weighted by molar-refractivity contribution is 7.88. The maximum atomic E-state index is 12.4. The highest BCUT2D eigenvalue weighted by atomic mass is 32.2. The summed E-state index contributed by atoms with van der Waals surface area (Å²) in [5.74, 6) is -0.294. The Balaban J connectivity index is 2.87. The number of morpholine rings is 1. The molecule has 1 heterocycles. The van der Waals surface area contributed by atoms with E-state index in [0.717, 1.165) is 6.26 Å². The lowest BCUT2D eigenvalue weighted by Crippen LogP contribution is -2.60. The van der Waals surface area contributed by atoms with Crippen LogP contribution < -0.4 is 0 Å². The molecule has 1 saturated heterocycles. The Hall–Kier alpha value is -0.700. The summed E-state index contributed by atoms with van der Waals surface area (Å²) in [6.07, 6.45) is 1.12. The van der Waals surface area contributed by atoms with Crippen molar-refractivity contribution in [3.05, 3.63) is 0 Å². The summed E-state index contributed by atoms with van der Waals surface area (Å²) < 4.78 is 29.9. The molecule has 0 aromatic heterocycles. The molecule has 0 saturated carbocycles. The molecule has 0 bridgehead atoms. The summed E-state index contributed by atoms with van der Waals surface area (Å²) in [5.41, 5.74) is -1.19. The first-order valence-corrected chi connectivity index (χ1v) is 8.08. The van der Waals surface area contributed by atoms with Gasteiger partial charge in [-0.1, -0.05) is 0 Å². The summed E-state index contributed by atoms with van der Waals surface area (Å²) in [4.78, 5) is 13.8. The normalized spacial score (nSPS) is 25.3. The van der Waals surface area contributed by atoms with E-state index in [1.165, 1.54) is 9.21 Å². The Morgan fingerprint density at radius 3 is 2.63 bits per heavy atom. The molecule has 1 aliphatic heterocycles. The fourth-order valence-corrected chi connectivity index (χ4v) is 2.99. The average Bonchev–Trinajstić information content (AvgIpc) is 2.34. The second kappa shape index (κ2) is 6.17. The van der Waals surface area contributed by atoms with Crippen LogP contribution in [0.1, 0.15) is 13.8 Å². The maximum Gasteiger partial charge on any atom is 0.255 e. The molecule has 112 valence electrons. The van der Waals surface area contributed by atoms with Gasteiger partial charge in [-0.3, -0.25) is 4.79 Å². The molecule has 0 aromatic rings. The predicted molar refractivity (Wildman–Crippen MR) is 70.1 cm³/mol. The van der Waals surface area contributed by atoms with Crippen molar-refractivity contribution in [2.45, 2.75) is 19.4 Å². The number of amides is 1. The van der Waals surface area contributed by atoms with Crippen LogP contribution in [0.25, 0.3) is 0 Å². The van der Waals surface area contributed by atoms with Gasteiger partial charge in [0.25, 0.3) is 5.91 Å². The molecule has 1 aliphatic rings. The molecular weight excluding hydrogens is 272 g/mol. The van der Waals surface area contributed by atoms with E-state index < -0.39 is 15.6 Å². The second-order valence-corrected chi connectivity index (χ2v) is 6.77. The molecule has 0 spiro atoms. The lowest BCUT2D eigenvalue weighted by molar-refractivity contribution is -0.163. The number of carbonyl (C=O) groups is 1. The quantitative estimate of drug-likeness (QED) is 0.694. The van der Waals surface area contributed by atoms with Crippen LogP contribution in [0.15, 0.2) is 0 Å². The highest BCUT2D eigenvalue weighted by Crippen LogP contribution is 2.22. The number of hydrogen-bond acceptors (Lipinski definition) is 5. The Labute approximate surface area is 114 Å². The minimum Gasteiger partial charge on any atom is -0.395 e. The number of aliphatic hydroxyl groups is 1. The standard InChI is InChI=1S/C11H22N2O5S/c1-4-12(5-7-14)10(15)11(2)9-13(6-8-18-11)19(3,16)17/h14H,4-9H2,1-3H3. The van der Waals surface area contributed by atoms with E-state index in [1.54, 1.807) is 13.8 Å². The summed E-state index contributed by atoms with van der Waals surface area (Å²) in [6.45, 7) is 4.36. The molecule has 1 unspecified atom stereocenters. The zero-order valence-corrected chi connectivity index (χ0v) is 12.4. The van der Waals surface area contributed by atoms with Gasteiger partial charge < -0.3 is 14.7 Å². The Kier molecular flexibility index (Phi) is 5.31. The monoisotopic (exact) mass is 294 g/mol. The first-order chi connectivity index (χ1) is 8.74. The molecule has 0 aliphatic carbocycles. The smallest absolute Gasteiger partial charge is 0.255 e. The van der Waals surface area contributed by atoms with E-state index >= 15 is 0 Å². The van der Waals surface area contributed by atoms with E-state index in [9.17, 15) is 13.2 Å². The molecule has 8 heteroatoms. The van der Waals surface area contributed by atoms with Crippen LogP contribution >= 0.6 is 0 Å². The molecule has 7 nitrogen and oxygen atoms in total. The van der Waals surface area contributed by atoms with Crippen LogP contribution in [0.4, 0.5) is 0 Å². The van der Waals surface area contributed by atoms with Crippen molar-refractivity contribution in [2.24, 2.45) is 0 Å². The van der Waals surface area contributed by atoms with Crippen molar-refractivity contribution in [3.63, 3.8) is 0 Å². The topological polar surface area (TPSA) is 87.2 Å². The number of ether oxygens (including phenoxy) is 1. The van der Waals surface area contributed by atoms with Crippen molar-refractivity contribution < 1.29 is 23.1 Å². The Morgan fingerprint density at radius 1 is 1.53 bits per heavy atom. The van der Waals surface area contributed by atoms with Gasteiger partial charge in [-0.15, -0.1) is 0 Å². The molecule has 0 radical (unpaired) electrons. The number of rotatable bonds is 5. The van der Waals surface area contributed by atoms with E-state index in [-0.39, 0.29) is 38.8 Å². The van der Waals surface area contributed by atoms with Gasteiger partial charge in [0.15, 0.2) is 5.60 Å². The van der Waals surface area contributed by atoms with Gasteiger partial charge in [-0.2, -0.15) is 4.31 Å².